The first-order valence-corrected chi connectivity index (χ1v) is 10.0. The Balaban J connectivity index is 0.00000480. The quantitative estimate of drug-likeness (QED) is 0.330. The van der Waals surface area contributed by atoms with Crippen LogP contribution in [0.1, 0.15) is 22.8 Å². The average molecular weight is 463 g/mol. The van der Waals surface area contributed by atoms with E-state index < -0.39 is 17.3 Å². The third kappa shape index (κ3) is 7.24. The van der Waals surface area contributed by atoms with Crippen LogP contribution in [0.3, 0.4) is 0 Å². The number of esters is 1. The van der Waals surface area contributed by atoms with Crippen LogP contribution in [0.15, 0.2) is 54.6 Å². The minimum atomic E-state index is -1.49. The van der Waals surface area contributed by atoms with Crippen molar-refractivity contribution in [2.24, 2.45) is 5.41 Å². The molecular formula is C23H27ClN2O4S. The third-order valence-electron chi connectivity index (χ3n) is 4.69. The summed E-state index contributed by atoms with van der Waals surface area (Å²) in [7, 11) is 3.77. The van der Waals surface area contributed by atoms with Gasteiger partial charge in [0.1, 0.15) is 17.8 Å². The van der Waals surface area contributed by atoms with Crippen molar-refractivity contribution in [3.63, 3.8) is 0 Å². The summed E-state index contributed by atoms with van der Waals surface area (Å²) in [6.07, 6.45) is 0.158. The molecule has 1 atom stereocenters. The van der Waals surface area contributed by atoms with Crippen molar-refractivity contribution in [2.75, 3.05) is 32.6 Å². The molecule has 0 heterocycles. The fraction of sp³-hybridized carbons (Fsp3) is 0.304. The van der Waals surface area contributed by atoms with E-state index in [1.165, 1.54) is 18.4 Å². The highest BCUT2D eigenvalue weighted by Gasteiger charge is 2.41. The molecule has 0 aliphatic rings. The summed E-state index contributed by atoms with van der Waals surface area (Å²) in [5, 5.41) is 3.95. The SMILES string of the molecule is CC(=O)C(C=S)(Cc1ccccc1)C(=O)Nc1cccc(C(=O)OCCN(C)C)c1.Cl. The lowest BCUT2D eigenvalue weighted by Gasteiger charge is -2.26. The van der Waals surface area contributed by atoms with E-state index in [0.29, 0.717) is 17.8 Å². The number of carbonyl (C=O) groups excluding carboxylic acids is 3. The van der Waals surface area contributed by atoms with Crippen LogP contribution in [0.25, 0.3) is 0 Å². The molecule has 2 aromatic rings. The van der Waals surface area contributed by atoms with Crippen LogP contribution >= 0.6 is 24.6 Å². The molecule has 0 saturated carbocycles. The number of anilines is 1. The van der Waals surface area contributed by atoms with E-state index in [2.05, 4.69) is 5.32 Å². The molecule has 1 N–H and O–H groups in total. The molecule has 0 saturated heterocycles. The van der Waals surface area contributed by atoms with Gasteiger partial charge in [0.15, 0.2) is 0 Å². The summed E-state index contributed by atoms with van der Waals surface area (Å²) in [6.45, 7) is 2.22. The Morgan fingerprint density at radius 2 is 1.77 bits per heavy atom. The van der Waals surface area contributed by atoms with E-state index in [1.807, 2.05) is 49.3 Å². The van der Waals surface area contributed by atoms with E-state index >= 15 is 0 Å². The van der Waals surface area contributed by atoms with Crippen molar-refractivity contribution in [3.8, 4) is 0 Å². The van der Waals surface area contributed by atoms with Gasteiger partial charge in [-0.1, -0.05) is 48.6 Å². The second-order valence-corrected chi connectivity index (χ2v) is 7.52. The number of halogens is 1. The highest BCUT2D eigenvalue weighted by Crippen LogP contribution is 2.26. The van der Waals surface area contributed by atoms with Gasteiger partial charge >= 0.3 is 5.97 Å². The lowest BCUT2D eigenvalue weighted by molar-refractivity contribution is -0.132. The molecule has 0 fully saturated rings. The molecular weight excluding hydrogens is 436 g/mol. The van der Waals surface area contributed by atoms with Crippen LogP contribution in [-0.2, 0) is 20.7 Å². The highest BCUT2D eigenvalue weighted by molar-refractivity contribution is 7.79. The largest absolute Gasteiger partial charge is 0.461 e. The van der Waals surface area contributed by atoms with E-state index in [4.69, 9.17) is 17.0 Å². The molecule has 1 amide bonds. The molecule has 1 unspecified atom stereocenters. The standard InChI is InChI=1S/C23H26N2O4S.ClH/c1-17(26)23(16-30,15-18-8-5-4-6-9-18)22(28)24-20-11-7-10-19(14-20)21(27)29-13-12-25(2)3;/h4-11,14,16H,12-13,15H2,1-3H3,(H,24,28);1H. The fourth-order valence-corrected chi connectivity index (χ4v) is 3.19. The van der Waals surface area contributed by atoms with Crippen molar-refractivity contribution >= 4 is 53.3 Å². The predicted molar refractivity (Wildman–Crippen MR) is 128 cm³/mol. The number of hydrogen-bond acceptors (Lipinski definition) is 6. The van der Waals surface area contributed by atoms with Gasteiger partial charge in [0.25, 0.3) is 0 Å². The smallest absolute Gasteiger partial charge is 0.338 e. The zero-order chi connectivity index (χ0) is 22.1. The predicted octanol–water partition coefficient (Wildman–Crippen LogP) is 3.58. The van der Waals surface area contributed by atoms with E-state index in [1.54, 1.807) is 18.2 Å². The van der Waals surface area contributed by atoms with Crippen molar-refractivity contribution in [3.05, 3.63) is 65.7 Å². The number of Topliss-reactive ketones (excluding diaryl/α,β-unsaturated/α-hetero) is 1. The fourth-order valence-electron chi connectivity index (χ4n) is 2.83. The van der Waals surface area contributed by atoms with Gasteiger partial charge < -0.3 is 15.0 Å². The first kappa shape index (κ1) is 26.4. The third-order valence-corrected chi connectivity index (χ3v) is 5.09. The Kier molecular flexibility index (Phi) is 10.5. The van der Waals surface area contributed by atoms with E-state index in [0.717, 1.165) is 5.56 Å². The Hall–Kier alpha value is -2.61. The van der Waals surface area contributed by atoms with Gasteiger partial charge in [-0.15, -0.1) is 12.4 Å². The van der Waals surface area contributed by atoms with Crippen LogP contribution in [-0.4, -0.2) is 55.2 Å². The van der Waals surface area contributed by atoms with Gasteiger partial charge in [0, 0.05) is 17.6 Å². The molecule has 0 spiro atoms. The van der Waals surface area contributed by atoms with Crippen LogP contribution in [0.4, 0.5) is 5.69 Å². The summed E-state index contributed by atoms with van der Waals surface area (Å²) in [5.74, 6) is -1.37. The topological polar surface area (TPSA) is 75.7 Å². The van der Waals surface area contributed by atoms with E-state index in [-0.39, 0.29) is 31.2 Å². The molecule has 2 aromatic carbocycles. The Labute approximate surface area is 194 Å². The summed E-state index contributed by atoms with van der Waals surface area (Å²) in [5.41, 5.74) is 0.0315. The normalized spacial score (nSPS) is 12.3. The van der Waals surface area contributed by atoms with Crippen molar-refractivity contribution in [1.29, 1.82) is 0 Å². The van der Waals surface area contributed by atoms with Crippen molar-refractivity contribution in [1.82, 2.24) is 4.90 Å². The summed E-state index contributed by atoms with van der Waals surface area (Å²) >= 11 is 5.10. The van der Waals surface area contributed by atoms with Crippen molar-refractivity contribution < 1.29 is 19.1 Å². The molecule has 6 nitrogen and oxygen atoms in total. The Morgan fingerprint density at radius 3 is 2.35 bits per heavy atom. The van der Waals surface area contributed by atoms with Crippen LogP contribution < -0.4 is 5.32 Å². The lowest BCUT2D eigenvalue weighted by atomic mass is 9.79. The van der Waals surface area contributed by atoms with Gasteiger partial charge in [0.2, 0.25) is 5.91 Å². The first-order valence-electron chi connectivity index (χ1n) is 9.53. The molecule has 2 rings (SSSR count). The molecule has 0 aliphatic heterocycles. The van der Waals surface area contributed by atoms with E-state index in [9.17, 15) is 14.4 Å². The Bertz CT molecular complexity index is 921. The highest BCUT2D eigenvalue weighted by atomic mass is 35.5. The number of nitrogens with zero attached hydrogens (tertiary/aromatic N) is 1. The minimum absolute atomic E-state index is 0. The first-order chi connectivity index (χ1) is 14.3. The average Bonchev–Trinajstić information content (AvgIpc) is 2.72. The van der Waals surface area contributed by atoms with Crippen LogP contribution in [0.2, 0.25) is 0 Å². The number of amides is 1. The summed E-state index contributed by atoms with van der Waals surface area (Å²) < 4.78 is 5.23. The van der Waals surface area contributed by atoms with Crippen LogP contribution in [0, 0.1) is 5.41 Å². The zero-order valence-corrected chi connectivity index (χ0v) is 19.4. The number of benzene rings is 2. The number of thiocarbonyl (C=S) groups is 1. The number of carbonyl (C=O) groups is 3. The molecule has 0 radical (unpaired) electrons. The number of ether oxygens (including phenoxy) is 1. The molecule has 0 bridgehead atoms. The molecule has 0 aromatic heterocycles. The summed E-state index contributed by atoms with van der Waals surface area (Å²) in [4.78, 5) is 39.7. The monoisotopic (exact) mass is 462 g/mol. The maximum absolute atomic E-state index is 13.1. The molecule has 0 aliphatic carbocycles. The van der Waals surface area contributed by atoms with Gasteiger partial charge in [-0.05, 0) is 51.2 Å². The molecule has 8 heteroatoms. The number of nitrogens with one attached hydrogen (secondary N) is 1. The lowest BCUT2D eigenvalue weighted by Crippen LogP contribution is -2.45. The van der Waals surface area contributed by atoms with Gasteiger partial charge in [-0.25, -0.2) is 4.79 Å². The molecule has 166 valence electrons. The zero-order valence-electron chi connectivity index (χ0n) is 17.8. The summed E-state index contributed by atoms with van der Waals surface area (Å²) in [6, 6.07) is 15.6. The Morgan fingerprint density at radius 1 is 1.10 bits per heavy atom. The number of hydrogen-bond donors (Lipinski definition) is 1. The maximum Gasteiger partial charge on any atom is 0.338 e. The number of ketones is 1. The van der Waals surface area contributed by atoms with Gasteiger partial charge in [0.05, 0.1) is 5.56 Å². The maximum atomic E-state index is 13.1. The van der Waals surface area contributed by atoms with Gasteiger partial charge in [-0.2, -0.15) is 0 Å². The second-order valence-electron chi connectivity index (χ2n) is 7.28. The number of likely N-dealkylation sites (N-methyl/N-ethyl adjacent to an activating group) is 1. The van der Waals surface area contributed by atoms with Crippen molar-refractivity contribution in [2.45, 2.75) is 13.3 Å². The second kappa shape index (κ2) is 12.3. The van der Waals surface area contributed by atoms with Gasteiger partial charge in [-0.3, -0.25) is 9.59 Å². The molecule has 31 heavy (non-hydrogen) atoms. The van der Waals surface area contributed by atoms with Crippen LogP contribution in [0.5, 0.6) is 0 Å². The minimum Gasteiger partial charge on any atom is -0.461 e. The number of rotatable bonds is 10.